The summed E-state index contributed by atoms with van der Waals surface area (Å²) in [6.07, 6.45) is -0.501. The highest BCUT2D eigenvalue weighted by molar-refractivity contribution is 5.96. The third-order valence-corrected chi connectivity index (χ3v) is 1.97. The Kier molecular flexibility index (Phi) is 4.51. The maximum atomic E-state index is 11.4. The first-order valence-corrected chi connectivity index (χ1v) is 5.37. The normalized spacial score (nSPS) is 10.1. The van der Waals surface area contributed by atoms with E-state index < -0.39 is 6.09 Å². The molecule has 0 unspecified atom stereocenters. The Morgan fingerprint density at radius 3 is 2.82 bits per heavy atom. The lowest BCUT2D eigenvalue weighted by Gasteiger charge is -2.09. The molecule has 1 aromatic rings. The number of hydrogen-bond donors (Lipinski definition) is 3. The molecule has 0 aliphatic rings. The van der Waals surface area contributed by atoms with Crippen molar-refractivity contribution in [2.75, 3.05) is 11.9 Å². The molecule has 1 aromatic carbocycles. The molecule has 0 aromatic heterocycles. The number of benzene rings is 1. The zero-order chi connectivity index (χ0) is 12.8. The van der Waals surface area contributed by atoms with Gasteiger partial charge in [0, 0.05) is 11.3 Å². The zero-order valence-electron chi connectivity index (χ0n) is 9.99. The number of carbonyl (C=O) groups excluding carboxylic acids is 1. The smallest absolute Gasteiger partial charge is 0.411 e. The topological polar surface area (TPSA) is 88.2 Å². The monoisotopic (exact) mass is 235 g/mol. The maximum absolute atomic E-state index is 11.4. The van der Waals surface area contributed by atoms with Gasteiger partial charge in [-0.15, -0.1) is 0 Å². The number of rotatable bonds is 4. The number of nitrogens with two attached hydrogens (primary N) is 1. The van der Waals surface area contributed by atoms with Crippen LogP contribution in [0.5, 0.6) is 0 Å². The van der Waals surface area contributed by atoms with Crippen LogP contribution < -0.4 is 11.1 Å². The fourth-order valence-corrected chi connectivity index (χ4v) is 1.16. The molecule has 0 aliphatic carbocycles. The Labute approximate surface area is 100 Å². The van der Waals surface area contributed by atoms with Crippen LogP contribution in [0.1, 0.15) is 19.4 Å². The van der Waals surface area contributed by atoms with Gasteiger partial charge in [-0.3, -0.25) is 10.7 Å². The first kappa shape index (κ1) is 13.0. The largest absolute Gasteiger partial charge is 0.449 e. The van der Waals surface area contributed by atoms with E-state index in [4.69, 9.17) is 15.9 Å². The highest BCUT2D eigenvalue weighted by Gasteiger charge is 2.05. The van der Waals surface area contributed by atoms with Crippen molar-refractivity contribution in [3.63, 3.8) is 0 Å². The molecule has 0 spiro atoms. The molecule has 17 heavy (non-hydrogen) atoms. The van der Waals surface area contributed by atoms with Crippen LogP contribution in [0.15, 0.2) is 24.3 Å². The average molecular weight is 235 g/mol. The molecular weight excluding hydrogens is 218 g/mol. The van der Waals surface area contributed by atoms with E-state index in [0.29, 0.717) is 23.8 Å². The summed E-state index contributed by atoms with van der Waals surface area (Å²) >= 11 is 0. The quantitative estimate of drug-likeness (QED) is 0.552. The number of nitrogens with one attached hydrogen (secondary N) is 2. The number of amidine groups is 1. The van der Waals surface area contributed by atoms with E-state index in [-0.39, 0.29) is 5.84 Å². The molecule has 0 fully saturated rings. The molecule has 1 rings (SSSR count). The molecule has 5 nitrogen and oxygen atoms in total. The second kappa shape index (κ2) is 5.89. The second-order valence-corrected chi connectivity index (χ2v) is 4.11. The summed E-state index contributed by atoms with van der Waals surface area (Å²) in [6.45, 7) is 4.30. The van der Waals surface area contributed by atoms with E-state index in [1.54, 1.807) is 24.3 Å². The predicted molar refractivity (Wildman–Crippen MR) is 67.3 cm³/mol. The van der Waals surface area contributed by atoms with Gasteiger partial charge in [0.15, 0.2) is 0 Å². The third kappa shape index (κ3) is 4.55. The van der Waals surface area contributed by atoms with E-state index in [2.05, 4.69) is 5.32 Å². The highest BCUT2D eigenvalue weighted by atomic mass is 16.5. The van der Waals surface area contributed by atoms with E-state index in [1.165, 1.54) is 0 Å². The molecule has 4 N–H and O–H groups in total. The van der Waals surface area contributed by atoms with Crippen molar-refractivity contribution in [3.05, 3.63) is 29.8 Å². The Bertz CT molecular complexity index is 416. The zero-order valence-corrected chi connectivity index (χ0v) is 9.99. The first-order valence-electron chi connectivity index (χ1n) is 5.37. The summed E-state index contributed by atoms with van der Waals surface area (Å²) in [6, 6.07) is 6.75. The number of nitrogen functional groups attached to an aromatic ring is 1. The summed E-state index contributed by atoms with van der Waals surface area (Å²) in [4.78, 5) is 11.4. The number of amides is 1. The van der Waals surface area contributed by atoms with Crippen molar-refractivity contribution in [2.24, 2.45) is 11.7 Å². The molecule has 0 saturated carbocycles. The fraction of sp³-hybridized carbons (Fsp3) is 0.333. The predicted octanol–water partition coefficient (Wildman–Crippen LogP) is 2.18. The van der Waals surface area contributed by atoms with Crippen LogP contribution in [-0.4, -0.2) is 18.5 Å². The van der Waals surface area contributed by atoms with Crippen LogP contribution >= 0.6 is 0 Å². The van der Waals surface area contributed by atoms with Crippen molar-refractivity contribution in [2.45, 2.75) is 13.8 Å². The minimum absolute atomic E-state index is 0.0378. The Balaban J connectivity index is 2.59. The molecule has 0 heterocycles. The molecule has 0 bridgehead atoms. The average Bonchev–Trinajstić information content (AvgIpc) is 2.26. The summed E-state index contributed by atoms with van der Waals surface area (Å²) < 4.78 is 4.97. The van der Waals surface area contributed by atoms with Gasteiger partial charge in [-0.25, -0.2) is 4.79 Å². The van der Waals surface area contributed by atoms with Gasteiger partial charge in [0.25, 0.3) is 0 Å². The number of carbonyl (C=O) groups is 1. The van der Waals surface area contributed by atoms with Gasteiger partial charge in [0.2, 0.25) is 0 Å². The molecule has 5 heteroatoms. The van der Waals surface area contributed by atoms with Gasteiger partial charge in [-0.1, -0.05) is 26.0 Å². The van der Waals surface area contributed by atoms with E-state index in [0.717, 1.165) is 0 Å². The number of ether oxygens (including phenoxy) is 1. The maximum Gasteiger partial charge on any atom is 0.411 e. The van der Waals surface area contributed by atoms with Crippen molar-refractivity contribution in [3.8, 4) is 0 Å². The Morgan fingerprint density at radius 2 is 2.24 bits per heavy atom. The molecular formula is C12H17N3O2. The van der Waals surface area contributed by atoms with Crippen molar-refractivity contribution >= 4 is 17.6 Å². The molecule has 0 aliphatic heterocycles. The van der Waals surface area contributed by atoms with Gasteiger partial charge in [0.05, 0.1) is 6.61 Å². The van der Waals surface area contributed by atoms with E-state index >= 15 is 0 Å². The SMILES string of the molecule is CC(C)COC(=O)Nc1cccc(C(=N)N)c1. The highest BCUT2D eigenvalue weighted by Crippen LogP contribution is 2.10. The van der Waals surface area contributed by atoms with Gasteiger partial charge in [-0.2, -0.15) is 0 Å². The lowest BCUT2D eigenvalue weighted by molar-refractivity contribution is 0.147. The molecule has 0 radical (unpaired) electrons. The van der Waals surface area contributed by atoms with Crippen LogP contribution in [0.2, 0.25) is 0 Å². The first-order chi connectivity index (χ1) is 7.99. The lowest BCUT2D eigenvalue weighted by Crippen LogP contribution is -2.17. The standard InChI is InChI=1S/C12H17N3O2/c1-8(2)7-17-12(16)15-10-5-3-4-9(6-10)11(13)14/h3-6,8H,7H2,1-2H3,(H3,13,14)(H,15,16). The summed E-state index contributed by atoms with van der Waals surface area (Å²) in [7, 11) is 0. The van der Waals surface area contributed by atoms with Crippen LogP contribution in [0.4, 0.5) is 10.5 Å². The minimum Gasteiger partial charge on any atom is -0.449 e. The summed E-state index contributed by atoms with van der Waals surface area (Å²) in [5.74, 6) is 0.258. The Morgan fingerprint density at radius 1 is 1.53 bits per heavy atom. The number of hydrogen-bond acceptors (Lipinski definition) is 3. The van der Waals surface area contributed by atoms with Crippen molar-refractivity contribution < 1.29 is 9.53 Å². The third-order valence-electron chi connectivity index (χ3n) is 1.97. The second-order valence-electron chi connectivity index (χ2n) is 4.11. The van der Waals surface area contributed by atoms with Gasteiger partial charge < -0.3 is 10.5 Å². The van der Waals surface area contributed by atoms with Crippen LogP contribution in [-0.2, 0) is 4.74 Å². The minimum atomic E-state index is -0.501. The van der Waals surface area contributed by atoms with Crippen molar-refractivity contribution in [1.29, 1.82) is 5.41 Å². The van der Waals surface area contributed by atoms with Crippen molar-refractivity contribution in [1.82, 2.24) is 0 Å². The summed E-state index contributed by atoms with van der Waals surface area (Å²) in [5, 5.41) is 9.86. The van der Waals surface area contributed by atoms with Gasteiger partial charge in [-0.05, 0) is 18.1 Å². The lowest BCUT2D eigenvalue weighted by atomic mass is 10.2. The number of anilines is 1. The van der Waals surface area contributed by atoms with Crippen LogP contribution in [0, 0.1) is 11.3 Å². The molecule has 1 amide bonds. The molecule has 0 saturated heterocycles. The van der Waals surface area contributed by atoms with Crippen LogP contribution in [0.25, 0.3) is 0 Å². The summed E-state index contributed by atoms with van der Waals surface area (Å²) in [5.41, 5.74) is 6.47. The fourth-order valence-electron chi connectivity index (χ4n) is 1.16. The van der Waals surface area contributed by atoms with E-state index in [1.807, 2.05) is 13.8 Å². The van der Waals surface area contributed by atoms with Gasteiger partial charge in [0.1, 0.15) is 5.84 Å². The Hall–Kier alpha value is -2.04. The molecule has 92 valence electrons. The van der Waals surface area contributed by atoms with Gasteiger partial charge >= 0.3 is 6.09 Å². The molecule has 0 atom stereocenters. The van der Waals surface area contributed by atoms with E-state index in [9.17, 15) is 4.79 Å². The van der Waals surface area contributed by atoms with Crippen LogP contribution in [0.3, 0.4) is 0 Å².